The van der Waals surface area contributed by atoms with Crippen LogP contribution < -0.4 is 10.6 Å². The summed E-state index contributed by atoms with van der Waals surface area (Å²) in [6.07, 6.45) is 3.03. The van der Waals surface area contributed by atoms with Gasteiger partial charge in [0, 0.05) is 11.9 Å². The monoisotopic (exact) mass is 306 g/mol. The molecule has 1 amide bonds. The summed E-state index contributed by atoms with van der Waals surface area (Å²) >= 11 is 0. The van der Waals surface area contributed by atoms with Crippen molar-refractivity contribution in [1.29, 1.82) is 5.26 Å². The van der Waals surface area contributed by atoms with Crippen LogP contribution in [0.15, 0.2) is 60.4 Å². The van der Waals surface area contributed by atoms with Gasteiger partial charge in [-0.05, 0) is 31.5 Å². The van der Waals surface area contributed by atoms with Crippen LogP contribution in [0.2, 0.25) is 0 Å². The van der Waals surface area contributed by atoms with Crippen molar-refractivity contribution in [2.24, 2.45) is 0 Å². The van der Waals surface area contributed by atoms with E-state index in [0.29, 0.717) is 5.69 Å². The number of hydrogen-bond acceptors (Lipinski definition) is 4. The third kappa shape index (κ3) is 4.68. The van der Waals surface area contributed by atoms with E-state index in [1.54, 1.807) is 6.20 Å². The van der Waals surface area contributed by atoms with E-state index < -0.39 is 5.91 Å². The van der Waals surface area contributed by atoms with Crippen molar-refractivity contribution < 1.29 is 4.79 Å². The molecule has 116 valence electrons. The second-order valence-corrected chi connectivity index (χ2v) is 5.11. The SMILES string of the molecule is Cc1ccc(N/C=C(/C#N)C(=O)NC(C)c2ccccc2)cn1. The lowest BCUT2D eigenvalue weighted by Crippen LogP contribution is -2.28. The van der Waals surface area contributed by atoms with Crippen LogP contribution in [0.25, 0.3) is 0 Å². The molecule has 0 spiro atoms. The molecule has 2 N–H and O–H groups in total. The number of aromatic nitrogens is 1. The number of anilines is 1. The fraction of sp³-hybridized carbons (Fsp3) is 0.167. The van der Waals surface area contributed by atoms with Gasteiger partial charge in [-0.25, -0.2) is 0 Å². The number of aryl methyl sites for hydroxylation is 1. The average molecular weight is 306 g/mol. The minimum absolute atomic E-state index is 0.00774. The number of nitrogens with zero attached hydrogens (tertiary/aromatic N) is 2. The van der Waals surface area contributed by atoms with Crippen molar-refractivity contribution in [1.82, 2.24) is 10.3 Å². The molecule has 0 bridgehead atoms. The molecule has 2 rings (SSSR count). The Morgan fingerprint density at radius 2 is 2.00 bits per heavy atom. The van der Waals surface area contributed by atoms with Gasteiger partial charge in [0.15, 0.2) is 0 Å². The smallest absolute Gasteiger partial charge is 0.263 e. The zero-order valence-corrected chi connectivity index (χ0v) is 13.1. The van der Waals surface area contributed by atoms with Crippen LogP contribution in [0.5, 0.6) is 0 Å². The van der Waals surface area contributed by atoms with Gasteiger partial charge in [-0.2, -0.15) is 5.26 Å². The van der Waals surface area contributed by atoms with Gasteiger partial charge >= 0.3 is 0 Å². The van der Waals surface area contributed by atoms with Gasteiger partial charge in [-0.3, -0.25) is 9.78 Å². The lowest BCUT2D eigenvalue weighted by atomic mass is 10.1. The van der Waals surface area contributed by atoms with Gasteiger partial charge in [-0.1, -0.05) is 30.3 Å². The number of carbonyl (C=O) groups is 1. The molecule has 0 saturated carbocycles. The van der Waals surface area contributed by atoms with E-state index in [1.807, 2.05) is 62.4 Å². The number of hydrogen-bond donors (Lipinski definition) is 2. The van der Waals surface area contributed by atoms with Crippen LogP contribution in [0.1, 0.15) is 24.2 Å². The summed E-state index contributed by atoms with van der Waals surface area (Å²) in [6.45, 7) is 3.76. The first-order valence-electron chi connectivity index (χ1n) is 7.25. The normalized spacial score (nSPS) is 12.1. The first-order chi connectivity index (χ1) is 11.1. The highest BCUT2D eigenvalue weighted by Gasteiger charge is 2.13. The van der Waals surface area contributed by atoms with Gasteiger partial charge in [0.1, 0.15) is 11.6 Å². The summed E-state index contributed by atoms with van der Waals surface area (Å²) in [7, 11) is 0. The lowest BCUT2D eigenvalue weighted by molar-refractivity contribution is -0.117. The molecule has 5 nitrogen and oxygen atoms in total. The Kier molecular flexibility index (Phi) is 5.48. The quantitative estimate of drug-likeness (QED) is 0.657. The third-order valence-corrected chi connectivity index (χ3v) is 3.31. The summed E-state index contributed by atoms with van der Waals surface area (Å²) in [5, 5.41) is 14.9. The molecule has 0 aliphatic carbocycles. The minimum atomic E-state index is -0.420. The Hall–Kier alpha value is -3.13. The summed E-state index contributed by atoms with van der Waals surface area (Å²) in [5.74, 6) is -0.420. The number of nitrogens with one attached hydrogen (secondary N) is 2. The number of carbonyl (C=O) groups excluding carboxylic acids is 1. The molecule has 1 unspecified atom stereocenters. The first-order valence-corrected chi connectivity index (χ1v) is 7.25. The Bertz CT molecular complexity index is 730. The van der Waals surface area contributed by atoms with Gasteiger partial charge in [0.05, 0.1) is 17.9 Å². The minimum Gasteiger partial charge on any atom is -0.359 e. The number of pyridine rings is 1. The summed E-state index contributed by atoms with van der Waals surface area (Å²) in [5.41, 5.74) is 2.60. The van der Waals surface area contributed by atoms with Gasteiger partial charge < -0.3 is 10.6 Å². The molecule has 0 saturated heterocycles. The molecule has 1 atom stereocenters. The maximum atomic E-state index is 12.2. The molecular weight excluding hydrogens is 288 g/mol. The van der Waals surface area contributed by atoms with E-state index in [0.717, 1.165) is 11.3 Å². The number of benzene rings is 1. The highest BCUT2D eigenvalue weighted by atomic mass is 16.1. The van der Waals surface area contributed by atoms with Crippen molar-refractivity contribution >= 4 is 11.6 Å². The predicted molar refractivity (Wildman–Crippen MR) is 89.3 cm³/mol. The van der Waals surface area contributed by atoms with Crippen molar-refractivity contribution in [3.63, 3.8) is 0 Å². The molecule has 1 aromatic heterocycles. The topological polar surface area (TPSA) is 77.8 Å². The van der Waals surface area contributed by atoms with E-state index in [2.05, 4.69) is 15.6 Å². The van der Waals surface area contributed by atoms with Crippen LogP contribution in [0.3, 0.4) is 0 Å². The molecule has 0 radical (unpaired) electrons. The zero-order valence-electron chi connectivity index (χ0n) is 13.1. The van der Waals surface area contributed by atoms with E-state index >= 15 is 0 Å². The van der Waals surface area contributed by atoms with Crippen LogP contribution in [-0.2, 0) is 4.79 Å². The van der Waals surface area contributed by atoms with Gasteiger partial charge in [-0.15, -0.1) is 0 Å². The van der Waals surface area contributed by atoms with E-state index in [4.69, 9.17) is 5.26 Å². The number of rotatable bonds is 5. The largest absolute Gasteiger partial charge is 0.359 e. The number of amides is 1. The van der Waals surface area contributed by atoms with Crippen molar-refractivity contribution in [3.8, 4) is 6.07 Å². The highest BCUT2D eigenvalue weighted by Crippen LogP contribution is 2.12. The summed E-state index contributed by atoms with van der Waals surface area (Å²) < 4.78 is 0. The maximum absolute atomic E-state index is 12.2. The van der Waals surface area contributed by atoms with Crippen molar-refractivity contribution in [3.05, 3.63) is 71.7 Å². The molecule has 5 heteroatoms. The molecule has 0 fully saturated rings. The standard InChI is InChI=1S/C18H18N4O/c1-13-8-9-17(12-20-13)21-11-16(10-19)18(23)22-14(2)15-6-4-3-5-7-15/h3-9,11-12,14,21H,1-2H3,(H,22,23)/b16-11-. The highest BCUT2D eigenvalue weighted by molar-refractivity contribution is 5.97. The first kappa shape index (κ1) is 16.2. The van der Waals surface area contributed by atoms with E-state index in [1.165, 1.54) is 6.20 Å². The molecule has 23 heavy (non-hydrogen) atoms. The van der Waals surface area contributed by atoms with E-state index in [9.17, 15) is 4.79 Å². The third-order valence-electron chi connectivity index (χ3n) is 3.31. The van der Waals surface area contributed by atoms with E-state index in [-0.39, 0.29) is 11.6 Å². The molecule has 1 aromatic carbocycles. The lowest BCUT2D eigenvalue weighted by Gasteiger charge is -2.13. The maximum Gasteiger partial charge on any atom is 0.263 e. The number of nitriles is 1. The Morgan fingerprint density at radius 1 is 1.26 bits per heavy atom. The fourth-order valence-corrected chi connectivity index (χ4v) is 1.96. The average Bonchev–Trinajstić information content (AvgIpc) is 2.58. The second-order valence-electron chi connectivity index (χ2n) is 5.11. The van der Waals surface area contributed by atoms with Crippen LogP contribution in [0, 0.1) is 18.3 Å². The van der Waals surface area contributed by atoms with Crippen LogP contribution in [-0.4, -0.2) is 10.9 Å². The summed E-state index contributed by atoms with van der Waals surface area (Å²) in [4.78, 5) is 16.3. The predicted octanol–water partition coefficient (Wildman–Crippen LogP) is 3.09. The van der Waals surface area contributed by atoms with Crippen LogP contribution >= 0.6 is 0 Å². The zero-order chi connectivity index (χ0) is 16.7. The Balaban J connectivity index is 2.02. The Morgan fingerprint density at radius 3 is 2.61 bits per heavy atom. The molecule has 0 aliphatic heterocycles. The van der Waals surface area contributed by atoms with Gasteiger partial charge in [0.2, 0.25) is 0 Å². The Labute approximate surface area is 135 Å². The van der Waals surface area contributed by atoms with Crippen molar-refractivity contribution in [2.45, 2.75) is 19.9 Å². The molecule has 2 aromatic rings. The molecule has 1 heterocycles. The fourth-order valence-electron chi connectivity index (χ4n) is 1.96. The van der Waals surface area contributed by atoms with Crippen LogP contribution in [0.4, 0.5) is 5.69 Å². The van der Waals surface area contributed by atoms with Crippen molar-refractivity contribution in [2.75, 3.05) is 5.32 Å². The summed E-state index contributed by atoms with van der Waals surface area (Å²) in [6, 6.07) is 15.0. The molecule has 0 aliphatic rings. The molecular formula is C18H18N4O. The second kappa shape index (κ2) is 7.76. The van der Waals surface area contributed by atoms with Gasteiger partial charge in [0.25, 0.3) is 5.91 Å².